The fourth-order valence-corrected chi connectivity index (χ4v) is 2.39. The molecule has 0 fully saturated rings. The quantitative estimate of drug-likeness (QED) is 0.444. The van der Waals surface area contributed by atoms with Crippen LogP contribution in [0, 0.1) is 12.8 Å². The average Bonchev–Trinajstić information content (AvgIpc) is 2.44. The Hall–Kier alpha value is -1.31. The van der Waals surface area contributed by atoms with Crippen molar-refractivity contribution in [3.63, 3.8) is 0 Å². The van der Waals surface area contributed by atoms with Crippen LogP contribution >= 0.6 is 0 Å². The molecule has 1 rings (SSSR count). The Kier molecular flexibility index (Phi) is 8.80. The van der Waals surface area contributed by atoms with Gasteiger partial charge < -0.3 is 4.74 Å². The molecular formula is C19H30O2. The van der Waals surface area contributed by atoms with E-state index in [-0.39, 0.29) is 5.97 Å². The third-order valence-electron chi connectivity index (χ3n) is 3.78. The van der Waals surface area contributed by atoms with E-state index in [4.69, 9.17) is 4.74 Å². The van der Waals surface area contributed by atoms with Crippen molar-refractivity contribution in [2.45, 2.75) is 65.7 Å². The molecule has 0 aliphatic rings. The first-order valence-corrected chi connectivity index (χ1v) is 8.29. The summed E-state index contributed by atoms with van der Waals surface area (Å²) in [5.41, 5.74) is 2.22. The molecule has 0 aliphatic carbocycles. The summed E-state index contributed by atoms with van der Waals surface area (Å²) in [5.74, 6) is 0.705. The van der Waals surface area contributed by atoms with E-state index in [9.17, 15) is 4.79 Å². The number of carbonyl (C=O) groups is 1. The van der Waals surface area contributed by atoms with Crippen molar-refractivity contribution in [2.24, 2.45) is 5.92 Å². The average molecular weight is 290 g/mol. The molecule has 0 N–H and O–H groups in total. The van der Waals surface area contributed by atoms with Crippen molar-refractivity contribution in [3.05, 3.63) is 35.4 Å². The van der Waals surface area contributed by atoms with Crippen LogP contribution in [0.5, 0.6) is 0 Å². The SMILES string of the molecule is Cc1ccccc1CC(=O)OCCCCCCCC(C)C. The van der Waals surface area contributed by atoms with E-state index in [0.29, 0.717) is 13.0 Å². The van der Waals surface area contributed by atoms with Crippen molar-refractivity contribution in [2.75, 3.05) is 6.61 Å². The lowest BCUT2D eigenvalue weighted by Gasteiger charge is -2.07. The van der Waals surface area contributed by atoms with Gasteiger partial charge in [-0.25, -0.2) is 0 Å². The zero-order chi connectivity index (χ0) is 15.5. The smallest absolute Gasteiger partial charge is 0.310 e. The monoisotopic (exact) mass is 290 g/mol. The van der Waals surface area contributed by atoms with Gasteiger partial charge in [0.2, 0.25) is 0 Å². The number of unbranched alkanes of at least 4 members (excludes halogenated alkanes) is 4. The summed E-state index contributed by atoms with van der Waals surface area (Å²) >= 11 is 0. The number of rotatable bonds is 10. The molecule has 118 valence electrons. The second-order valence-electron chi connectivity index (χ2n) is 6.27. The summed E-state index contributed by atoms with van der Waals surface area (Å²) in [6.45, 7) is 7.14. The maximum absolute atomic E-state index is 11.8. The highest BCUT2D eigenvalue weighted by molar-refractivity contribution is 5.73. The summed E-state index contributed by atoms with van der Waals surface area (Å²) in [4.78, 5) is 11.8. The molecule has 0 unspecified atom stereocenters. The van der Waals surface area contributed by atoms with E-state index >= 15 is 0 Å². The van der Waals surface area contributed by atoms with Crippen LogP contribution < -0.4 is 0 Å². The first-order chi connectivity index (χ1) is 10.1. The predicted octanol–water partition coefficient (Wildman–Crippen LogP) is 5.08. The van der Waals surface area contributed by atoms with E-state index in [1.807, 2.05) is 31.2 Å². The van der Waals surface area contributed by atoms with E-state index in [1.54, 1.807) is 0 Å². The maximum Gasteiger partial charge on any atom is 0.310 e. The van der Waals surface area contributed by atoms with Crippen LogP contribution in [0.3, 0.4) is 0 Å². The highest BCUT2D eigenvalue weighted by atomic mass is 16.5. The van der Waals surface area contributed by atoms with Crippen LogP contribution in [-0.4, -0.2) is 12.6 Å². The van der Waals surface area contributed by atoms with Crippen LogP contribution in [0.15, 0.2) is 24.3 Å². The van der Waals surface area contributed by atoms with Gasteiger partial charge in [0.25, 0.3) is 0 Å². The van der Waals surface area contributed by atoms with Crippen molar-refractivity contribution in [3.8, 4) is 0 Å². The summed E-state index contributed by atoms with van der Waals surface area (Å²) in [6.07, 6.45) is 7.74. The summed E-state index contributed by atoms with van der Waals surface area (Å²) in [6, 6.07) is 7.97. The van der Waals surface area contributed by atoms with Crippen LogP contribution in [0.25, 0.3) is 0 Å². The summed E-state index contributed by atoms with van der Waals surface area (Å²) < 4.78 is 5.31. The first-order valence-electron chi connectivity index (χ1n) is 8.29. The number of carbonyl (C=O) groups excluding carboxylic acids is 1. The van der Waals surface area contributed by atoms with E-state index < -0.39 is 0 Å². The molecule has 1 aromatic carbocycles. The van der Waals surface area contributed by atoms with E-state index in [2.05, 4.69) is 13.8 Å². The third-order valence-corrected chi connectivity index (χ3v) is 3.78. The minimum Gasteiger partial charge on any atom is -0.465 e. The first kappa shape index (κ1) is 17.7. The lowest BCUT2D eigenvalue weighted by Crippen LogP contribution is -2.09. The fraction of sp³-hybridized carbons (Fsp3) is 0.632. The number of hydrogen-bond acceptors (Lipinski definition) is 2. The number of ether oxygens (including phenoxy) is 1. The molecule has 21 heavy (non-hydrogen) atoms. The summed E-state index contributed by atoms with van der Waals surface area (Å²) in [5, 5.41) is 0. The Morgan fingerprint density at radius 1 is 1.05 bits per heavy atom. The topological polar surface area (TPSA) is 26.3 Å². The Balaban J connectivity index is 2.03. The largest absolute Gasteiger partial charge is 0.465 e. The van der Waals surface area contributed by atoms with Crippen LogP contribution in [0.2, 0.25) is 0 Å². The van der Waals surface area contributed by atoms with Gasteiger partial charge in [-0.05, 0) is 30.4 Å². The molecule has 0 saturated heterocycles. The number of hydrogen-bond donors (Lipinski definition) is 0. The highest BCUT2D eigenvalue weighted by Crippen LogP contribution is 2.11. The Morgan fingerprint density at radius 2 is 1.71 bits per heavy atom. The van der Waals surface area contributed by atoms with Crippen molar-refractivity contribution >= 4 is 5.97 Å². The molecule has 0 bridgehead atoms. The lowest BCUT2D eigenvalue weighted by atomic mass is 10.0. The second-order valence-corrected chi connectivity index (χ2v) is 6.27. The standard InChI is InChI=1S/C19H30O2/c1-16(2)11-7-5-4-6-10-14-21-19(20)15-18-13-9-8-12-17(18)3/h8-9,12-13,16H,4-7,10-11,14-15H2,1-3H3. The summed E-state index contributed by atoms with van der Waals surface area (Å²) in [7, 11) is 0. The normalized spacial score (nSPS) is 10.9. The Labute approximate surface area is 129 Å². The molecule has 0 aromatic heterocycles. The highest BCUT2D eigenvalue weighted by Gasteiger charge is 2.06. The Morgan fingerprint density at radius 3 is 2.43 bits per heavy atom. The lowest BCUT2D eigenvalue weighted by molar-refractivity contribution is -0.142. The molecule has 0 heterocycles. The minimum atomic E-state index is -0.107. The van der Waals surface area contributed by atoms with Gasteiger partial charge >= 0.3 is 5.97 Å². The van der Waals surface area contributed by atoms with Crippen molar-refractivity contribution in [1.29, 1.82) is 0 Å². The number of aryl methyl sites for hydroxylation is 1. The molecule has 2 nitrogen and oxygen atoms in total. The molecule has 0 amide bonds. The van der Waals surface area contributed by atoms with Crippen LogP contribution in [-0.2, 0) is 16.0 Å². The molecule has 2 heteroatoms. The molecule has 0 aliphatic heterocycles. The third kappa shape index (κ3) is 8.54. The Bertz CT molecular complexity index is 410. The van der Waals surface area contributed by atoms with Gasteiger partial charge in [0, 0.05) is 0 Å². The molecule has 0 atom stereocenters. The van der Waals surface area contributed by atoms with Crippen LogP contribution in [0.1, 0.15) is 63.5 Å². The van der Waals surface area contributed by atoms with Crippen molar-refractivity contribution < 1.29 is 9.53 Å². The predicted molar refractivity (Wildman–Crippen MR) is 88.4 cm³/mol. The van der Waals surface area contributed by atoms with Gasteiger partial charge in [-0.15, -0.1) is 0 Å². The molecule has 0 radical (unpaired) electrons. The van der Waals surface area contributed by atoms with Crippen LogP contribution in [0.4, 0.5) is 0 Å². The number of benzene rings is 1. The van der Waals surface area contributed by atoms with Gasteiger partial charge in [-0.2, -0.15) is 0 Å². The minimum absolute atomic E-state index is 0.107. The van der Waals surface area contributed by atoms with Gasteiger partial charge in [-0.1, -0.05) is 70.2 Å². The molecular weight excluding hydrogens is 260 g/mol. The van der Waals surface area contributed by atoms with Gasteiger partial charge in [-0.3, -0.25) is 4.79 Å². The van der Waals surface area contributed by atoms with Crippen molar-refractivity contribution in [1.82, 2.24) is 0 Å². The number of esters is 1. The van der Waals surface area contributed by atoms with Gasteiger partial charge in [0.1, 0.15) is 0 Å². The maximum atomic E-state index is 11.8. The zero-order valence-electron chi connectivity index (χ0n) is 13.9. The fourth-order valence-electron chi connectivity index (χ4n) is 2.39. The van der Waals surface area contributed by atoms with E-state index in [1.165, 1.54) is 25.7 Å². The molecule has 0 saturated carbocycles. The van der Waals surface area contributed by atoms with E-state index in [0.717, 1.165) is 29.9 Å². The second kappa shape index (κ2) is 10.4. The molecule has 1 aromatic rings. The van der Waals surface area contributed by atoms with Gasteiger partial charge in [0.15, 0.2) is 0 Å². The zero-order valence-corrected chi connectivity index (χ0v) is 13.9. The van der Waals surface area contributed by atoms with Gasteiger partial charge in [0.05, 0.1) is 13.0 Å². The molecule has 0 spiro atoms.